The SMILES string of the molecule is CCCCCCCCCCCCCCCCCCC(Cl)(CCCCCCCCCCCCCCCCCC)c1ccccc1. The van der Waals surface area contributed by atoms with Gasteiger partial charge in [-0.05, 0) is 18.4 Å². The van der Waals surface area contributed by atoms with E-state index in [1.54, 1.807) is 0 Å². The van der Waals surface area contributed by atoms with E-state index in [2.05, 4.69) is 44.2 Å². The fourth-order valence-electron chi connectivity index (χ4n) is 7.06. The molecule has 0 atom stereocenters. The van der Waals surface area contributed by atoms with Gasteiger partial charge in [-0.15, -0.1) is 11.6 Å². The number of rotatable bonds is 35. The third kappa shape index (κ3) is 25.7. The van der Waals surface area contributed by atoms with Crippen LogP contribution >= 0.6 is 11.6 Å². The van der Waals surface area contributed by atoms with Gasteiger partial charge in [-0.2, -0.15) is 0 Å². The van der Waals surface area contributed by atoms with Gasteiger partial charge in [-0.25, -0.2) is 0 Å². The zero-order valence-corrected chi connectivity index (χ0v) is 31.1. The normalized spacial score (nSPS) is 11.9. The molecule has 1 rings (SSSR count). The van der Waals surface area contributed by atoms with Crippen LogP contribution in [0.25, 0.3) is 0 Å². The maximum absolute atomic E-state index is 7.39. The van der Waals surface area contributed by atoms with E-state index in [-0.39, 0.29) is 4.87 Å². The summed E-state index contributed by atoms with van der Waals surface area (Å²) in [6, 6.07) is 11.0. The summed E-state index contributed by atoms with van der Waals surface area (Å²) in [5.74, 6) is 0. The van der Waals surface area contributed by atoms with Crippen LogP contribution in [0.2, 0.25) is 0 Å². The van der Waals surface area contributed by atoms with Gasteiger partial charge in [-0.3, -0.25) is 0 Å². The minimum Gasteiger partial charge on any atom is -0.114 e. The molecular formula is C43H79Cl. The zero-order valence-electron chi connectivity index (χ0n) is 30.3. The highest BCUT2D eigenvalue weighted by Crippen LogP contribution is 2.40. The monoisotopic (exact) mass is 631 g/mol. The van der Waals surface area contributed by atoms with Crippen molar-refractivity contribution in [3.63, 3.8) is 0 Å². The number of halogens is 1. The molecule has 0 amide bonds. The molecule has 0 saturated carbocycles. The highest BCUT2D eigenvalue weighted by atomic mass is 35.5. The highest BCUT2D eigenvalue weighted by molar-refractivity contribution is 6.24. The molecule has 0 radical (unpaired) electrons. The van der Waals surface area contributed by atoms with Crippen molar-refractivity contribution in [3.8, 4) is 0 Å². The summed E-state index contributed by atoms with van der Waals surface area (Å²) in [6.45, 7) is 4.61. The minimum atomic E-state index is -0.159. The van der Waals surface area contributed by atoms with Gasteiger partial charge in [0.15, 0.2) is 0 Å². The van der Waals surface area contributed by atoms with Crippen molar-refractivity contribution in [3.05, 3.63) is 35.9 Å². The van der Waals surface area contributed by atoms with E-state index in [1.165, 1.54) is 211 Å². The molecule has 0 aliphatic carbocycles. The van der Waals surface area contributed by atoms with Crippen LogP contribution in [0.5, 0.6) is 0 Å². The van der Waals surface area contributed by atoms with Crippen molar-refractivity contribution in [2.45, 2.75) is 237 Å². The van der Waals surface area contributed by atoms with E-state index >= 15 is 0 Å². The lowest BCUT2D eigenvalue weighted by atomic mass is 9.87. The Morgan fingerprint density at radius 1 is 0.341 bits per heavy atom. The summed E-state index contributed by atoms with van der Waals surface area (Å²) in [5, 5.41) is 0. The Morgan fingerprint density at radius 3 is 0.818 bits per heavy atom. The number of benzene rings is 1. The van der Waals surface area contributed by atoms with E-state index in [4.69, 9.17) is 11.6 Å². The predicted octanol–water partition coefficient (Wildman–Crippen LogP) is 16.4. The van der Waals surface area contributed by atoms with Crippen LogP contribution < -0.4 is 0 Å². The largest absolute Gasteiger partial charge is 0.114 e. The smallest absolute Gasteiger partial charge is 0.0695 e. The second-order valence-electron chi connectivity index (χ2n) is 14.4. The Labute approximate surface area is 283 Å². The van der Waals surface area contributed by atoms with Crippen molar-refractivity contribution < 1.29 is 0 Å². The molecule has 0 heterocycles. The molecule has 0 bridgehead atoms. The molecule has 0 aliphatic rings. The summed E-state index contributed by atoms with van der Waals surface area (Å²) < 4.78 is 0. The number of unbranched alkanes of at least 4 members (excludes halogenated alkanes) is 30. The van der Waals surface area contributed by atoms with Crippen molar-refractivity contribution in [2.75, 3.05) is 0 Å². The molecule has 0 spiro atoms. The lowest BCUT2D eigenvalue weighted by Crippen LogP contribution is -2.19. The molecule has 0 fully saturated rings. The molecule has 1 heteroatoms. The molecule has 258 valence electrons. The van der Waals surface area contributed by atoms with E-state index < -0.39 is 0 Å². The van der Waals surface area contributed by atoms with Gasteiger partial charge in [0, 0.05) is 0 Å². The first-order valence-corrected chi connectivity index (χ1v) is 20.8. The van der Waals surface area contributed by atoms with E-state index in [0.29, 0.717) is 0 Å². The van der Waals surface area contributed by atoms with Gasteiger partial charge in [0.2, 0.25) is 0 Å². The van der Waals surface area contributed by atoms with E-state index in [1.807, 2.05) is 0 Å². The Bertz CT molecular complexity index is 631. The molecule has 0 saturated heterocycles. The van der Waals surface area contributed by atoms with Crippen LogP contribution in [0, 0.1) is 0 Å². The first-order chi connectivity index (χ1) is 21.7. The number of alkyl halides is 1. The number of hydrogen-bond acceptors (Lipinski definition) is 0. The number of hydrogen-bond donors (Lipinski definition) is 0. The summed E-state index contributed by atoms with van der Waals surface area (Å²) >= 11 is 7.39. The quantitative estimate of drug-likeness (QED) is 0.0517. The van der Waals surface area contributed by atoms with Gasteiger partial charge in [0.05, 0.1) is 4.87 Å². The fraction of sp³-hybridized carbons (Fsp3) is 0.860. The summed E-state index contributed by atoms with van der Waals surface area (Å²) in [7, 11) is 0. The zero-order chi connectivity index (χ0) is 31.7. The standard InChI is InChI=1S/C43H79Cl/c1-3-5-7-9-11-13-15-17-19-21-23-25-27-29-31-36-40-43(44,42-38-34-33-35-39-42)41-37-32-30-28-26-24-22-20-18-16-14-12-10-8-6-4-2/h33-35,38-39H,3-32,36-37,40-41H2,1-2H3. The second-order valence-corrected chi connectivity index (χ2v) is 15.2. The van der Waals surface area contributed by atoms with E-state index in [9.17, 15) is 0 Å². The van der Waals surface area contributed by atoms with Crippen LogP contribution in [0.4, 0.5) is 0 Å². The van der Waals surface area contributed by atoms with Gasteiger partial charge in [0.1, 0.15) is 0 Å². The van der Waals surface area contributed by atoms with Crippen molar-refractivity contribution in [1.82, 2.24) is 0 Å². The first-order valence-electron chi connectivity index (χ1n) is 20.5. The van der Waals surface area contributed by atoms with Crippen LogP contribution in [0.15, 0.2) is 30.3 Å². The van der Waals surface area contributed by atoms with Crippen molar-refractivity contribution in [1.29, 1.82) is 0 Å². The maximum atomic E-state index is 7.39. The highest BCUT2D eigenvalue weighted by Gasteiger charge is 2.28. The molecular weight excluding hydrogens is 552 g/mol. The summed E-state index contributed by atoms with van der Waals surface area (Å²) in [5.41, 5.74) is 1.35. The minimum absolute atomic E-state index is 0.159. The fourth-order valence-corrected chi connectivity index (χ4v) is 7.45. The predicted molar refractivity (Wildman–Crippen MR) is 202 cm³/mol. The molecule has 0 aliphatic heterocycles. The van der Waals surface area contributed by atoms with Crippen LogP contribution in [0.1, 0.15) is 238 Å². The molecule has 0 N–H and O–H groups in total. The Morgan fingerprint density at radius 2 is 0.568 bits per heavy atom. The molecule has 1 aromatic rings. The third-order valence-electron chi connectivity index (χ3n) is 10.1. The lowest BCUT2D eigenvalue weighted by Gasteiger charge is -2.28. The van der Waals surface area contributed by atoms with Crippen molar-refractivity contribution in [2.24, 2.45) is 0 Å². The van der Waals surface area contributed by atoms with E-state index in [0.717, 1.165) is 12.8 Å². The van der Waals surface area contributed by atoms with Gasteiger partial charge >= 0.3 is 0 Å². The molecule has 0 aromatic heterocycles. The molecule has 44 heavy (non-hydrogen) atoms. The second kappa shape index (κ2) is 32.5. The summed E-state index contributed by atoms with van der Waals surface area (Å²) in [4.78, 5) is -0.159. The van der Waals surface area contributed by atoms with Crippen molar-refractivity contribution >= 4 is 11.6 Å². The Hall–Kier alpha value is -0.490. The van der Waals surface area contributed by atoms with Gasteiger partial charge < -0.3 is 0 Å². The molecule has 0 nitrogen and oxygen atoms in total. The third-order valence-corrected chi connectivity index (χ3v) is 10.7. The average Bonchev–Trinajstić information content (AvgIpc) is 3.04. The Kier molecular flexibility index (Phi) is 30.6. The lowest BCUT2D eigenvalue weighted by molar-refractivity contribution is 0.442. The first kappa shape index (κ1) is 41.5. The van der Waals surface area contributed by atoms with Crippen LogP contribution in [0.3, 0.4) is 0 Å². The van der Waals surface area contributed by atoms with Crippen LogP contribution in [-0.2, 0) is 4.87 Å². The molecule has 0 unspecified atom stereocenters. The van der Waals surface area contributed by atoms with Crippen LogP contribution in [-0.4, -0.2) is 0 Å². The van der Waals surface area contributed by atoms with Gasteiger partial charge in [-0.1, -0.05) is 250 Å². The Balaban J connectivity index is 2.03. The average molecular weight is 632 g/mol. The molecule has 1 aromatic carbocycles. The maximum Gasteiger partial charge on any atom is 0.0695 e. The van der Waals surface area contributed by atoms with Gasteiger partial charge in [0.25, 0.3) is 0 Å². The summed E-state index contributed by atoms with van der Waals surface area (Å²) in [6.07, 6.45) is 47.8. The topological polar surface area (TPSA) is 0 Å².